The van der Waals surface area contributed by atoms with Gasteiger partial charge in [-0.05, 0) is 19.0 Å². The molecule has 0 bridgehead atoms. The summed E-state index contributed by atoms with van der Waals surface area (Å²) in [5, 5.41) is 3.39. The first-order chi connectivity index (χ1) is 8.81. The van der Waals surface area contributed by atoms with Crippen molar-refractivity contribution in [3.8, 4) is 11.4 Å². The molecule has 2 rings (SSSR count). The molecule has 1 aromatic heterocycles. The van der Waals surface area contributed by atoms with Gasteiger partial charge in [0, 0.05) is 24.5 Å². The summed E-state index contributed by atoms with van der Waals surface area (Å²) in [5.41, 5.74) is 1.18. The van der Waals surface area contributed by atoms with Crippen molar-refractivity contribution < 1.29 is 0 Å². The highest BCUT2D eigenvalue weighted by Gasteiger charge is 2.08. The van der Waals surface area contributed by atoms with E-state index in [9.17, 15) is 0 Å². The van der Waals surface area contributed by atoms with E-state index in [1.165, 1.54) is 5.56 Å². The summed E-state index contributed by atoms with van der Waals surface area (Å²) in [7, 11) is 0. The summed E-state index contributed by atoms with van der Waals surface area (Å²) in [4.78, 5) is 4.46. The first-order valence-corrected chi connectivity index (χ1v) is 6.58. The molecule has 0 radical (unpaired) electrons. The Kier molecular flexibility index (Phi) is 4.53. The predicted molar refractivity (Wildman–Crippen MR) is 75.4 cm³/mol. The molecule has 0 saturated carbocycles. The first kappa shape index (κ1) is 12.8. The standard InChI is InChI=1S/C15H21N3/c1-3-16-11-13(2)12-18-10-9-17-15(18)14-7-5-4-6-8-14/h4-10,13,16H,3,11-12H2,1-2H3. The molecular formula is C15H21N3. The Morgan fingerprint density at radius 1 is 1.28 bits per heavy atom. The summed E-state index contributed by atoms with van der Waals surface area (Å²) in [6.45, 7) is 7.47. The minimum Gasteiger partial charge on any atom is -0.331 e. The molecule has 0 aliphatic rings. The van der Waals surface area contributed by atoms with Crippen LogP contribution in [0.25, 0.3) is 11.4 Å². The quantitative estimate of drug-likeness (QED) is 0.845. The van der Waals surface area contributed by atoms with Gasteiger partial charge in [-0.15, -0.1) is 0 Å². The van der Waals surface area contributed by atoms with Crippen LogP contribution in [0.3, 0.4) is 0 Å². The van der Waals surface area contributed by atoms with Gasteiger partial charge in [-0.2, -0.15) is 0 Å². The molecular weight excluding hydrogens is 222 g/mol. The monoisotopic (exact) mass is 243 g/mol. The molecule has 1 N–H and O–H groups in total. The maximum atomic E-state index is 4.46. The molecule has 0 aliphatic carbocycles. The molecule has 0 fully saturated rings. The molecule has 1 unspecified atom stereocenters. The number of rotatable bonds is 6. The van der Waals surface area contributed by atoms with Crippen molar-refractivity contribution in [1.82, 2.24) is 14.9 Å². The van der Waals surface area contributed by atoms with Crippen molar-refractivity contribution in [2.24, 2.45) is 5.92 Å². The van der Waals surface area contributed by atoms with Crippen LogP contribution in [0.2, 0.25) is 0 Å². The molecule has 2 aromatic rings. The van der Waals surface area contributed by atoms with E-state index in [-0.39, 0.29) is 0 Å². The fraction of sp³-hybridized carbons (Fsp3) is 0.400. The summed E-state index contributed by atoms with van der Waals surface area (Å²) in [6.07, 6.45) is 3.94. The van der Waals surface area contributed by atoms with Gasteiger partial charge in [0.25, 0.3) is 0 Å². The van der Waals surface area contributed by atoms with Gasteiger partial charge in [0.2, 0.25) is 0 Å². The molecule has 0 spiro atoms. The van der Waals surface area contributed by atoms with Crippen molar-refractivity contribution in [2.75, 3.05) is 13.1 Å². The average molecular weight is 243 g/mol. The zero-order valence-corrected chi connectivity index (χ0v) is 11.1. The lowest BCUT2D eigenvalue weighted by atomic mass is 10.1. The Labute approximate surface area is 109 Å². The maximum Gasteiger partial charge on any atom is 0.139 e. The number of nitrogens with zero attached hydrogens (tertiary/aromatic N) is 2. The van der Waals surface area contributed by atoms with Gasteiger partial charge in [0.05, 0.1) is 0 Å². The van der Waals surface area contributed by atoms with E-state index < -0.39 is 0 Å². The largest absolute Gasteiger partial charge is 0.331 e. The smallest absolute Gasteiger partial charge is 0.139 e. The van der Waals surface area contributed by atoms with Crippen molar-refractivity contribution in [2.45, 2.75) is 20.4 Å². The molecule has 18 heavy (non-hydrogen) atoms. The first-order valence-electron chi connectivity index (χ1n) is 6.58. The topological polar surface area (TPSA) is 29.9 Å². The summed E-state index contributed by atoms with van der Waals surface area (Å²) in [5.74, 6) is 1.65. The van der Waals surface area contributed by atoms with E-state index in [1.54, 1.807) is 0 Å². The number of aromatic nitrogens is 2. The summed E-state index contributed by atoms with van der Waals surface area (Å²) < 4.78 is 2.23. The minimum absolute atomic E-state index is 0.599. The third-order valence-corrected chi connectivity index (χ3v) is 3.00. The van der Waals surface area contributed by atoms with E-state index >= 15 is 0 Å². The van der Waals surface area contributed by atoms with Gasteiger partial charge < -0.3 is 9.88 Å². The normalized spacial score (nSPS) is 12.6. The second-order valence-corrected chi connectivity index (χ2v) is 4.68. The average Bonchev–Trinajstić information content (AvgIpc) is 2.85. The van der Waals surface area contributed by atoms with E-state index in [2.05, 4.69) is 59.2 Å². The lowest BCUT2D eigenvalue weighted by Gasteiger charge is -2.14. The second kappa shape index (κ2) is 6.36. The fourth-order valence-electron chi connectivity index (χ4n) is 2.10. The lowest BCUT2D eigenvalue weighted by molar-refractivity contribution is 0.453. The van der Waals surface area contributed by atoms with Crippen LogP contribution in [-0.2, 0) is 6.54 Å². The fourth-order valence-corrected chi connectivity index (χ4v) is 2.10. The van der Waals surface area contributed by atoms with Crippen LogP contribution in [0.4, 0.5) is 0 Å². The zero-order valence-electron chi connectivity index (χ0n) is 11.1. The van der Waals surface area contributed by atoms with Gasteiger partial charge >= 0.3 is 0 Å². The van der Waals surface area contributed by atoms with Gasteiger partial charge in [-0.25, -0.2) is 4.98 Å². The van der Waals surface area contributed by atoms with E-state index in [1.807, 2.05) is 12.3 Å². The van der Waals surface area contributed by atoms with Crippen LogP contribution < -0.4 is 5.32 Å². The van der Waals surface area contributed by atoms with E-state index in [0.29, 0.717) is 5.92 Å². The molecule has 1 heterocycles. The number of imidazole rings is 1. The third kappa shape index (κ3) is 3.20. The van der Waals surface area contributed by atoms with Crippen LogP contribution >= 0.6 is 0 Å². The number of hydrogen-bond donors (Lipinski definition) is 1. The van der Waals surface area contributed by atoms with Crippen LogP contribution in [-0.4, -0.2) is 22.6 Å². The van der Waals surface area contributed by atoms with Crippen molar-refractivity contribution >= 4 is 0 Å². The summed E-state index contributed by atoms with van der Waals surface area (Å²) in [6, 6.07) is 10.3. The van der Waals surface area contributed by atoms with Crippen LogP contribution in [0.15, 0.2) is 42.7 Å². The zero-order chi connectivity index (χ0) is 12.8. The minimum atomic E-state index is 0.599. The number of hydrogen-bond acceptors (Lipinski definition) is 2. The third-order valence-electron chi connectivity index (χ3n) is 3.00. The van der Waals surface area contributed by atoms with Gasteiger partial charge in [-0.3, -0.25) is 0 Å². The molecule has 1 aromatic carbocycles. The molecule has 0 aliphatic heterocycles. The molecule has 0 saturated heterocycles. The highest BCUT2D eigenvalue weighted by atomic mass is 15.1. The van der Waals surface area contributed by atoms with Crippen LogP contribution in [0.5, 0.6) is 0 Å². The van der Waals surface area contributed by atoms with Gasteiger partial charge in [-0.1, -0.05) is 44.2 Å². The number of nitrogens with one attached hydrogen (secondary N) is 1. The van der Waals surface area contributed by atoms with Crippen LogP contribution in [0.1, 0.15) is 13.8 Å². The second-order valence-electron chi connectivity index (χ2n) is 4.68. The van der Waals surface area contributed by atoms with Crippen molar-refractivity contribution in [3.63, 3.8) is 0 Å². The van der Waals surface area contributed by atoms with E-state index in [0.717, 1.165) is 25.5 Å². The highest BCUT2D eigenvalue weighted by molar-refractivity contribution is 5.55. The van der Waals surface area contributed by atoms with Crippen molar-refractivity contribution in [1.29, 1.82) is 0 Å². The van der Waals surface area contributed by atoms with Gasteiger partial charge in [0.1, 0.15) is 5.82 Å². The Hall–Kier alpha value is -1.61. The molecule has 3 heteroatoms. The molecule has 1 atom stereocenters. The van der Waals surface area contributed by atoms with E-state index in [4.69, 9.17) is 0 Å². The van der Waals surface area contributed by atoms with Crippen LogP contribution in [0, 0.1) is 5.92 Å². The maximum absolute atomic E-state index is 4.46. The predicted octanol–water partition coefficient (Wildman–Crippen LogP) is 2.80. The highest BCUT2D eigenvalue weighted by Crippen LogP contribution is 2.17. The molecule has 96 valence electrons. The SMILES string of the molecule is CCNCC(C)Cn1ccnc1-c1ccccc1. The molecule has 0 amide bonds. The Morgan fingerprint density at radius 2 is 2.06 bits per heavy atom. The summed E-state index contributed by atoms with van der Waals surface area (Å²) >= 11 is 0. The number of benzene rings is 1. The van der Waals surface area contributed by atoms with Gasteiger partial charge in [0.15, 0.2) is 0 Å². The Morgan fingerprint density at radius 3 is 2.78 bits per heavy atom. The Balaban J connectivity index is 2.09. The molecule has 3 nitrogen and oxygen atoms in total. The lowest BCUT2D eigenvalue weighted by Crippen LogP contribution is -2.23. The Bertz CT molecular complexity index is 462. The van der Waals surface area contributed by atoms with Crippen molar-refractivity contribution in [3.05, 3.63) is 42.7 Å².